The third-order valence-corrected chi connectivity index (χ3v) is 6.46. The van der Waals surface area contributed by atoms with Crippen molar-refractivity contribution < 1.29 is 9.47 Å². The Morgan fingerprint density at radius 3 is 2.79 bits per heavy atom. The van der Waals surface area contributed by atoms with Gasteiger partial charge in [0.1, 0.15) is 5.75 Å². The van der Waals surface area contributed by atoms with Crippen molar-refractivity contribution in [3.05, 3.63) is 44.7 Å². The number of nitriles is 1. The molecule has 154 valence electrons. The number of ether oxygens (including phenoxy) is 2. The van der Waals surface area contributed by atoms with Gasteiger partial charge in [-0.15, -0.1) is 11.3 Å². The second-order valence-electron chi connectivity index (χ2n) is 6.93. The summed E-state index contributed by atoms with van der Waals surface area (Å²) in [6.45, 7) is 1.27. The quantitative estimate of drug-likeness (QED) is 0.376. The van der Waals surface area contributed by atoms with Crippen LogP contribution in [0, 0.1) is 11.5 Å². The van der Waals surface area contributed by atoms with Gasteiger partial charge in [0.05, 0.1) is 19.3 Å². The number of methoxy groups -OCH3 is 2. The van der Waals surface area contributed by atoms with Gasteiger partial charge in [0.15, 0.2) is 10.6 Å². The highest BCUT2D eigenvalue weighted by molar-refractivity contribution is 7.09. The van der Waals surface area contributed by atoms with E-state index in [9.17, 15) is 5.26 Å². The number of halogens is 1. The van der Waals surface area contributed by atoms with Crippen LogP contribution in [0.15, 0.2) is 34.4 Å². The van der Waals surface area contributed by atoms with Gasteiger partial charge in [-0.05, 0) is 37.0 Å². The van der Waals surface area contributed by atoms with Crippen LogP contribution < -0.4 is 9.54 Å². The molecule has 8 heteroatoms. The average Bonchev–Trinajstić information content (AvgIpc) is 3.15. The first-order valence-corrected chi connectivity index (χ1v) is 10.9. The van der Waals surface area contributed by atoms with E-state index < -0.39 is 0 Å². The first-order valence-electron chi connectivity index (χ1n) is 9.70. The largest absolute Gasteiger partial charge is 0.496 e. The molecule has 2 aromatic rings. The van der Waals surface area contributed by atoms with Gasteiger partial charge < -0.3 is 14.0 Å². The zero-order valence-electron chi connectivity index (χ0n) is 16.7. The molecule has 0 radical (unpaired) electrons. The monoisotopic (exact) mass is 432 g/mol. The number of amidine groups is 1. The number of hydrogen-bond acceptors (Lipinski definition) is 5. The summed E-state index contributed by atoms with van der Waals surface area (Å²) in [5.74, 6) is 1.43. The Morgan fingerprint density at radius 2 is 2.10 bits per heavy atom. The first kappa shape index (κ1) is 21.6. The predicted octanol–water partition coefficient (Wildman–Crippen LogP) is 4.73. The van der Waals surface area contributed by atoms with Gasteiger partial charge in [0.2, 0.25) is 6.19 Å². The van der Waals surface area contributed by atoms with Gasteiger partial charge in [-0.25, -0.2) is 0 Å². The number of rotatable bonds is 6. The van der Waals surface area contributed by atoms with Crippen LogP contribution in [-0.2, 0) is 11.3 Å². The van der Waals surface area contributed by atoms with E-state index >= 15 is 0 Å². The number of nitrogens with zero attached hydrogens (tertiary/aromatic N) is 4. The van der Waals surface area contributed by atoms with Gasteiger partial charge in [0.25, 0.3) is 0 Å². The predicted molar refractivity (Wildman–Crippen MR) is 116 cm³/mol. The van der Waals surface area contributed by atoms with E-state index in [1.807, 2.05) is 6.19 Å². The van der Waals surface area contributed by atoms with Crippen molar-refractivity contribution in [1.29, 1.82) is 5.26 Å². The molecule has 1 aromatic carbocycles. The smallest absolute Gasteiger partial charge is 0.207 e. The summed E-state index contributed by atoms with van der Waals surface area (Å²) < 4.78 is 12.8. The molecule has 0 spiro atoms. The van der Waals surface area contributed by atoms with Crippen molar-refractivity contribution in [1.82, 2.24) is 4.57 Å². The number of thiazole rings is 1. The molecular weight excluding hydrogens is 408 g/mol. The Labute approximate surface area is 180 Å². The normalized spacial score (nSPS) is 16.1. The van der Waals surface area contributed by atoms with Gasteiger partial charge in [-0.3, -0.25) is 0 Å². The molecule has 0 atom stereocenters. The standard InChI is InChI=1S/C21H25ClN4O2S/c1-27-11-10-26-13-19(15-6-4-3-5-7-15)29-21(26)25-20(24-14-23)17-12-16(22)8-9-18(17)28-2/h8-9,12-13,15H,3-7,10-11H2,1-2H3. The Hall–Kier alpha value is -2.14. The number of hydrogen-bond donors (Lipinski definition) is 0. The van der Waals surface area contributed by atoms with Crippen LogP contribution in [0.2, 0.25) is 5.02 Å². The summed E-state index contributed by atoms with van der Waals surface area (Å²) in [4.78, 5) is 10.8. The van der Waals surface area contributed by atoms with Crippen molar-refractivity contribution in [3.8, 4) is 11.9 Å². The molecule has 0 unspecified atom stereocenters. The summed E-state index contributed by atoms with van der Waals surface area (Å²) >= 11 is 7.83. The molecule has 1 aliphatic carbocycles. The second-order valence-corrected chi connectivity index (χ2v) is 8.41. The van der Waals surface area contributed by atoms with Crippen molar-refractivity contribution in [2.24, 2.45) is 9.98 Å². The zero-order chi connectivity index (χ0) is 20.6. The minimum atomic E-state index is 0.287. The molecule has 0 bridgehead atoms. The maximum Gasteiger partial charge on any atom is 0.207 e. The molecule has 3 rings (SSSR count). The highest BCUT2D eigenvalue weighted by Crippen LogP contribution is 2.34. The van der Waals surface area contributed by atoms with E-state index in [4.69, 9.17) is 26.1 Å². The maximum atomic E-state index is 9.23. The van der Waals surface area contributed by atoms with E-state index in [1.165, 1.54) is 37.0 Å². The van der Waals surface area contributed by atoms with Gasteiger partial charge in [0, 0.05) is 29.8 Å². The minimum absolute atomic E-state index is 0.287. The summed E-state index contributed by atoms with van der Waals surface area (Å²) in [6.07, 6.45) is 10.3. The molecule has 1 fully saturated rings. The topological polar surface area (TPSA) is 71.9 Å². The van der Waals surface area contributed by atoms with Crippen LogP contribution in [0.4, 0.5) is 0 Å². The number of benzene rings is 1. The van der Waals surface area contributed by atoms with Crippen molar-refractivity contribution in [3.63, 3.8) is 0 Å². The fourth-order valence-corrected chi connectivity index (χ4v) is 4.91. The summed E-state index contributed by atoms with van der Waals surface area (Å²) in [5, 5.41) is 9.76. The molecule has 1 aliphatic rings. The lowest BCUT2D eigenvalue weighted by atomic mass is 9.88. The molecule has 0 amide bonds. The van der Waals surface area contributed by atoms with Crippen LogP contribution in [0.25, 0.3) is 0 Å². The first-order chi connectivity index (χ1) is 14.2. The van der Waals surface area contributed by atoms with E-state index in [0.29, 0.717) is 35.4 Å². The third-order valence-electron chi connectivity index (χ3n) is 5.04. The van der Waals surface area contributed by atoms with Crippen LogP contribution in [0.5, 0.6) is 5.75 Å². The zero-order valence-corrected chi connectivity index (χ0v) is 18.3. The van der Waals surface area contributed by atoms with Gasteiger partial charge in [-0.1, -0.05) is 30.9 Å². The highest BCUT2D eigenvalue weighted by Gasteiger charge is 2.19. The van der Waals surface area contributed by atoms with Crippen molar-refractivity contribution in [2.45, 2.75) is 44.6 Å². The SMILES string of the molecule is COCCn1cc(C2CCCCC2)sc1=NC(=NC#N)c1cc(Cl)ccc1OC. The fraction of sp³-hybridized carbons (Fsp3) is 0.476. The summed E-state index contributed by atoms with van der Waals surface area (Å²) in [7, 11) is 3.26. The van der Waals surface area contributed by atoms with E-state index in [-0.39, 0.29) is 5.84 Å². The molecule has 1 saturated carbocycles. The Balaban J connectivity index is 2.07. The summed E-state index contributed by atoms with van der Waals surface area (Å²) in [6, 6.07) is 5.20. The van der Waals surface area contributed by atoms with Crippen LogP contribution in [0.3, 0.4) is 0 Å². The second kappa shape index (κ2) is 10.6. The number of aromatic nitrogens is 1. The lowest BCUT2D eigenvalue weighted by molar-refractivity contribution is 0.186. The fourth-order valence-electron chi connectivity index (χ4n) is 3.55. The Kier molecular flexibility index (Phi) is 7.87. The Bertz CT molecular complexity index is 968. The molecule has 1 aromatic heterocycles. The summed E-state index contributed by atoms with van der Waals surface area (Å²) in [5.41, 5.74) is 0.590. The highest BCUT2D eigenvalue weighted by atomic mass is 35.5. The lowest BCUT2D eigenvalue weighted by Gasteiger charge is -2.19. The Morgan fingerprint density at radius 1 is 1.31 bits per heavy atom. The molecule has 0 aliphatic heterocycles. The average molecular weight is 433 g/mol. The lowest BCUT2D eigenvalue weighted by Crippen LogP contribution is -2.19. The minimum Gasteiger partial charge on any atom is -0.496 e. The molecular formula is C21H25ClN4O2S. The van der Waals surface area contributed by atoms with Gasteiger partial charge in [-0.2, -0.15) is 15.2 Å². The van der Waals surface area contributed by atoms with Gasteiger partial charge >= 0.3 is 0 Å². The molecule has 6 nitrogen and oxygen atoms in total. The molecule has 29 heavy (non-hydrogen) atoms. The molecule has 1 heterocycles. The van der Waals surface area contributed by atoms with Crippen molar-refractivity contribution in [2.75, 3.05) is 20.8 Å². The maximum absolute atomic E-state index is 9.23. The van der Waals surface area contributed by atoms with Crippen LogP contribution >= 0.6 is 22.9 Å². The molecule has 0 N–H and O–H groups in total. The van der Waals surface area contributed by atoms with Crippen LogP contribution in [0.1, 0.15) is 48.5 Å². The number of aliphatic imine (C=N–C) groups is 1. The van der Waals surface area contributed by atoms with Crippen LogP contribution in [-0.4, -0.2) is 31.2 Å². The van der Waals surface area contributed by atoms with Crippen molar-refractivity contribution >= 4 is 28.8 Å². The van der Waals surface area contributed by atoms with E-state index in [2.05, 4.69) is 15.8 Å². The molecule has 0 saturated heterocycles. The third kappa shape index (κ3) is 5.47. The van der Waals surface area contributed by atoms with E-state index in [0.717, 1.165) is 4.80 Å². The van der Waals surface area contributed by atoms with E-state index in [1.54, 1.807) is 43.8 Å².